The summed E-state index contributed by atoms with van der Waals surface area (Å²) in [7, 11) is 0. The summed E-state index contributed by atoms with van der Waals surface area (Å²) in [6, 6.07) is -4.60. The zero-order chi connectivity index (χ0) is 29.3. The Bertz CT molecular complexity index is 820. The molecule has 0 aromatic heterocycles. The quantitative estimate of drug-likeness (QED) is 0.0456. The van der Waals surface area contributed by atoms with Crippen LogP contribution < -0.4 is 38.9 Å². The Morgan fingerprint density at radius 3 is 1.84 bits per heavy atom. The minimum absolute atomic E-state index is 0.0112. The highest BCUT2D eigenvalue weighted by atomic mass is 16.4. The van der Waals surface area contributed by atoms with E-state index in [9.17, 15) is 29.1 Å². The van der Waals surface area contributed by atoms with E-state index >= 15 is 0 Å². The highest BCUT2D eigenvalue weighted by molar-refractivity contribution is 5.94. The molecule has 0 bridgehead atoms. The number of nitrogens with zero attached hydrogens (tertiary/aromatic N) is 1. The first-order chi connectivity index (χ1) is 17.8. The average molecular weight is 545 g/mol. The second kappa shape index (κ2) is 18.7. The molecule has 0 aromatic rings. The number of rotatable bonds is 20. The summed E-state index contributed by atoms with van der Waals surface area (Å²) in [6.07, 6.45) is 1.39. The lowest BCUT2D eigenvalue weighted by atomic mass is 9.98. The summed E-state index contributed by atoms with van der Waals surface area (Å²) >= 11 is 0. The lowest BCUT2D eigenvalue weighted by molar-refractivity contribution is -0.143. The molecule has 0 aliphatic rings. The first-order valence-electron chi connectivity index (χ1n) is 12.7. The Labute approximate surface area is 222 Å². The van der Waals surface area contributed by atoms with Crippen molar-refractivity contribution < 1.29 is 34.2 Å². The van der Waals surface area contributed by atoms with Crippen LogP contribution in [0.3, 0.4) is 0 Å². The third-order valence-electron chi connectivity index (χ3n) is 5.98. The van der Waals surface area contributed by atoms with Crippen LogP contribution in [0.15, 0.2) is 4.99 Å². The molecule has 0 fully saturated rings. The zero-order valence-corrected chi connectivity index (χ0v) is 22.2. The molecule has 0 aliphatic heterocycles. The number of carboxylic acids is 2. The van der Waals surface area contributed by atoms with Gasteiger partial charge in [0.15, 0.2) is 5.96 Å². The molecule has 0 radical (unpaired) electrons. The average Bonchev–Trinajstić information content (AvgIpc) is 2.85. The highest BCUT2D eigenvalue weighted by Crippen LogP contribution is 2.09. The molecule has 15 heteroatoms. The molecule has 3 amide bonds. The third kappa shape index (κ3) is 14.3. The molecule has 218 valence electrons. The van der Waals surface area contributed by atoms with Gasteiger partial charge in [-0.25, -0.2) is 4.79 Å². The van der Waals surface area contributed by atoms with Crippen molar-refractivity contribution in [1.82, 2.24) is 16.0 Å². The SMILES string of the molecule is CCC(C)C(N)C(=O)NC(CCCCN)C(=O)NC(CCC(=O)O)C(=O)NC(CCCN=C(N)N)C(=O)O. The maximum Gasteiger partial charge on any atom is 0.326 e. The monoisotopic (exact) mass is 544 g/mol. The summed E-state index contributed by atoms with van der Waals surface area (Å²) in [5, 5.41) is 26.0. The Morgan fingerprint density at radius 1 is 0.816 bits per heavy atom. The van der Waals surface area contributed by atoms with Gasteiger partial charge in [0.1, 0.15) is 18.1 Å². The summed E-state index contributed by atoms with van der Waals surface area (Å²) in [6.45, 7) is 4.19. The maximum absolute atomic E-state index is 13.1. The number of nitrogens with one attached hydrogen (secondary N) is 3. The van der Waals surface area contributed by atoms with Crippen LogP contribution >= 0.6 is 0 Å². The van der Waals surface area contributed by atoms with Crippen LogP contribution in [0.2, 0.25) is 0 Å². The molecular formula is C23H44N8O7. The van der Waals surface area contributed by atoms with Gasteiger partial charge in [-0.3, -0.25) is 24.2 Å². The molecule has 0 spiro atoms. The predicted octanol–water partition coefficient (Wildman–Crippen LogP) is -2.05. The fourth-order valence-electron chi connectivity index (χ4n) is 3.38. The predicted molar refractivity (Wildman–Crippen MR) is 141 cm³/mol. The first kappa shape index (κ1) is 34.5. The van der Waals surface area contributed by atoms with Crippen molar-refractivity contribution in [2.24, 2.45) is 33.8 Å². The van der Waals surface area contributed by atoms with Crippen LogP contribution in [0.5, 0.6) is 0 Å². The van der Waals surface area contributed by atoms with Gasteiger partial charge in [0, 0.05) is 13.0 Å². The summed E-state index contributed by atoms with van der Waals surface area (Å²) in [5.41, 5.74) is 22.0. The first-order valence-corrected chi connectivity index (χ1v) is 12.7. The van der Waals surface area contributed by atoms with Gasteiger partial charge in [-0.15, -0.1) is 0 Å². The molecule has 38 heavy (non-hydrogen) atoms. The van der Waals surface area contributed by atoms with Crippen molar-refractivity contribution >= 4 is 35.6 Å². The molecule has 0 aromatic carbocycles. The van der Waals surface area contributed by atoms with Gasteiger partial charge in [-0.1, -0.05) is 20.3 Å². The molecule has 5 atom stereocenters. The number of amides is 3. The van der Waals surface area contributed by atoms with Gasteiger partial charge in [-0.05, 0) is 51.0 Å². The van der Waals surface area contributed by atoms with E-state index < -0.39 is 60.2 Å². The van der Waals surface area contributed by atoms with Gasteiger partial charge < -0.3 is 49.1 Å². The molecule has 0 saturated carbocycles. The molecule has 0 rings (SSSR count). The number of hydrogen-bond donors (Lipinski definition) is 9. The van der Waals surface area contributed by atoms with Crippen LogP contribution in [-0.4, -0.2) is 83.1 Å². The van der Waals surface area contributed by atoms with Crippen LogP contribution in [0.25, 0.3) is 0 Å². The fourth-order valence-corrected chi connectivity index (χ4v) is 3.38. The topological polar surface area (TPSA) is 278 Å². The van der Waals surface area contributed by atoms with Crippen molar-refractivity contribution in [3.8, 4) is 0 Å². The normalized spacial score (nSPS) is 14.7. The van der Waals surface area contributed by atoms with E-state index in [1.54, 1.807) is 6.92 Å². The van der Waals surface area contributed by atoms with E-state index in [0.717, 1.165) is 0 Å². The standard InChI is InChI=1S/C23H44N8O7/c1-3-13(2)18(25)21(36)30-14(7-4-5-11-24)19(34)29-15(9-10-17(32)33)20(35)31-16(22(37)38)8-6-12-28-23(26)27/h13-16,18H,3-12,24-25H2,1-2H3,(H,29,34)(H,30,36)(H,31,35)(H,32,33)(H,37,38)(H4,26,27,28). The fraction of sp³-hybridized carbons (Fsp3) is 0.739. The smallest absolute Gasteiger partial charge is 0.326 e. The minimum atomic E-state index is -1.37. The number of guanidine groups is 1. The third-order valence-corrected chi connectivity index (χ3v) is 5.98. The number of aliphatic carboxylic acids is 2. The number of carbonyl (C=O) groups is 5. The Kier molecular flexibility index (Phi) is 17.0. The largest absolute Gasteiger partial charge is 0.481 e. The van der Waals surface area contributed by atoms with Crippen molar-refractivity contribution in [3.63, 3.8) is 0 Å². The maximum atomic E-state index is 13.1. The lowest BCUT2D eigenvalue weighted by Gasteiger charge is -2.26. The van der Waals surface area contributed by atoms with Gasteiger partial charge in [-0.2, -0.15) is 0 Å². The van der Waals surface area contributed by atoms with Crippen LogP contribution in [0, 0.1) is 5.92 Å². The molecule has 0 heterocycles. The van der Waals surface area contributed by atoms with E-state index in [1.807, 2.05) is 6.92 Å². The molecule has 13 N–H and O–H groups in total. The van der Waals surface area contributed by atoms with E-state index in [4.69, 9.17) is 28.0 Å². The summed E-state index contributed by atoms with van der Waals surface area (Å²) < 4.78 is 0. The van der Waals surface area contributed by atoms with Crippen molar-refractivity contribution in [3.05, 3.63) is 0 Å². The van der Waals surface area contributed by atoms with Crippen LogP contribution in [-0.2, 0) is 24.0 Å². The number of hydrogen-bond acceptors (Lipinski definition) is 8. The lowest BCUT2D eigenvalue weighted by Crippen LogP contribution is -2.57. The van der Waals surface area contributed by atoms with Crippen molar-refractivity contribution in [2.75, 3.05) is 13.1 Å². The van der Waals surface area contributed by atoms with Crippen LogP contribution in [0.4, 0.5) is 0 Å². The van der Waals surface area contributed by atoms with Crippen molar-refractivity contribution in [2.45, 2.75) is 89.4 Å². The summed E-state index contributed by atoms with van der Waals surface area (Å²) in [5.74, 6) is -4.97. The highest BCUT2D eigenvalue weighted by Gasteiger charge is 2.31. The number of unbranched alkanes of at least 4 members (excludes halogenated alkanes) is 1. The minimum Gasteiger partial charge on any atom is -0.481 e. The molecule has 5 unspecified atom stereocenters. The van der Waals surface area contributed by atoms with E-state index in [1.165, 1.54) is 0 Å². The van der Waals surface area contributed by atoms with Crippen LogP contribution in [0.1, 0.15) is 65.2 Å². The second-order valence-corrected chi connectivity index (χ2v) is 9.10. The van der Waals surface area contributed by atoms with E-state index in [0.29, 0.717) is 25.8 Å². The molecule has 0 aliphatic carbocycles. The molecule has 0 saturated heterocycles. The Balaban J connectivity index is 5.60. The van der Waals surface area contributed by atoms with E-state index in [-0.39, 0.29) is 44.1 Å². The number of nitrogens with two attached hydrogens (primary N) is 4. The molecule has 15 nitrogen and oxygen atoms in total. The number of carboxylic acid groups (broad SMARTS) is 2. The zero-order valence-electron chi connectivity index (χ0n) is 22.2. The Morgan fingerprint density at radius 2 is 1.34 bits per heavy atom. The summed E-state index contributed by atoms with van der Waals surface area (Å²) in [4.78, 5) is 65.2. The van der Waals surface area contributed by atoms with Gasteiger partial charge >= 0.3 is 11.9 Å². The Hall–Kier alpha value is -3.46. The second-order valence-electron chi connectivity index (χ2n) is 9.10. The van der Waals surface area contributed by atoms with E-state index in [2.05, 4.69) is 20.9 Å². The number of aliphatic imine (C=N–C) groups is 1. The van der Waals surface area contributed by atoms with Crippen molar-refractivity contribution in [1.29, 1.82) is 0 Å². The molecular weight excluding hydrogens is 500 g/mol. The van der Waals surface area contributed by atoms with Gasteiger partial charge in [0.25, 0.3) is 0 Å². The van der Waals surface area contributed by atoms with Gasteiger partial charge in [0.2, 0.25) is 17.7 Å². The number of carbonyl (C=O) groups excluding carboxylic acids is 3. The van der Waals surface area contributed by atoms with Gasteiger partial charge in [0.05, 0.1) is 6.04 Å².